The molecule has 1 aromatic carbocycles. The average Bonchev–Trinajstić information content (AvgIpc) is 2.35. The summed E-state index contributed by atoms with van der Waals surface area (Å²) in [6, 6.07) is 4.84. The van der Waals surface area contributed by atoms with Crippen LogP contribution in [0.25, 0.3) is 0 Å². The van der Waals surface area contributed by atoms with Gasteiger partial charge in [0, 0.05) is 28.6 Å². The number of halogens is 3. The van der Waals surface area contributed by atoms with Gasteiger partial charge in [0.25, 0.3) is 0 Å². The first-order valence-electron chi connectivity index (χ1n) is 5.83. The van der Waals surface area contributed by atoms with Gasteiger partial charge in [0.15, 0.2) is 0 Å². The summed E-state index contributed by atoms with van der Waals surface area (Å²) in [5, 5.41) is 0.515. The third kappa shape index (κ3) is 3.43. The highest BCUT2D eigenvalue weighted by atomic mass is 79.9. The Hall–Kier alpha value is -0.120. The highest BCUT2D eigenvalue weighted by molar-refractivity contribution is 9.09. The largest absolute Gasteiger partial charge is 0.381 e. The predicted molar refractivity (Wildman–Crippen MR) is 71.4 cm³/mol. The van der Waals surface area contributed by atoms with Crippen LogP contribution < -0.4 is 0 Å². The Kier molecular flexibility index (Phi) is 4.83. The van der Waals surface area contributed by atoms with Gasteiger partial charge >= 0.3 is 0 Å². The normalized spacial score (nSPS) is 19.2. The van der Waals surface area contributed by atoms with E-state index in [4.69, 9.17) is 16.3 Å². The van der Waals surface area contributed by atoms with Crippen molar-refractivity contribution in [3.63, 3.8) is 0 Å². The van der Waals surface area contributed by atoms with Crippen molar-refractivity contribution in [1.29, 1.82) is 0 Å². The third-order valence-electron chi connectivity index (χ3n) is 3.24. The molecule has 17 heavy (non-hydrogen) atoms. The Labute approximate surface area is 114 Å². The fourth-order valence-corrected chi connectivity index (χ4v) is 3.26. The van der Waals surface area contributed by atoms with E-state index in [1.165, 1.54) is 6.07 Å². The lowest BCUT2D eigenvalue weighted by Gasteiger charge is -2.26. The Balaban J connectivity index is 2.04. The number of hydrogen-bond donors (Lipinski definition) is 0. The van der Waals surface area contributed by atoms with Crippen LogP contribution in [0.15, 0.2) is 18.2 Å². The van der Waals surface area contributed by atoms with Crippen LogP contribution in [-0.4, -0.2) is 18.0 Å². The maximum absolute atomic E-state index is 13.6. The molecule has 1 unspecified atom stereocenters. The van der Waals surface area contributed by atoms with Gasteiger partial charge in [0.05, 0.1) is 0 Å². The van der Waals surface area contributed by atoms with E-state index in [1.807, 2.05) is 0 Å². The van der Waals surface area contributed by atoms with Gasteiger partial charge in [-0.05, 0) is 37.3 Å². The van der Waals surface area contributed by atoms with E-state index in [9.17, 15) is 4.39 Å². The maximum atomic E-state index is 13.6. The molecule has 1 aliphatic heterocycles. The molecule has 4 heteroatoms. The molecule has 1 heterocycles. The van der Waals surface area contributed by atoms with Crippen LogP contribution in [0, 0.1) is 11.7 Å². The minimum absolute atomic E-state index is 0.214. The number of alkyl halides is 1. The second-order valence-electron chi connectivity index (χ2n) is 4.37. The van der Waals surface area contributed by atoms with Crippen molar-refractivity contribution >= 4 is 27.5 Å². The van der Waals surface area contributed by atoms with Gasteiger partial charge in [-0.3, -0.25) is 0 Å². The molecular formula is C13H15BrClFO. The minimum atomic E-state index is -0.214. The predicted octanol–water partition coefficient (Wildman–Crippen LogP) is 4.21. The smallest absolute Gasteiger partial charge is 0.127 e. The molecule has 0 spiro atoms. The second-order valence-corrected chi connectivity index (χ2v) is 5.95. The van der Waals surface area contributed by atoms with Crippen molar-refractivity contribution in [3.8, 4) is 0 Å². The van der Waals surface area contributed by atoms with Crippen LogP contribution in [0.3, 0.4) is 0 Å². The molecule has 1 saturated heterocycles. The highest BCUT2D eigenvalue weighted by Crippen LogP contribution is 2.30. The van der Waals surface area contributed by atoms with E-state index in [2.05, 4.69) is 15.9 Å². The van der Waals surface area contributed by atoms with Crippen molar-refractivity contribution in [2.45, 2.75) is 24.1 Å². The van der Waals surface area contributed by atoms with E-state index in [1.54, 1.807) is 12.1 Å². The van der Waals surface area contributed by atoms with Crippen molar-refractivity contribution in [2.75, 3.05) is 13.2 Å². The summed E-state index contributed by atoms with van der Waals surface area (Å²) in [6.07, 6.45) is 2.69. The van der Waals surface area contributed by atoms with Gasteiger partial charge in [-0.15, -0.1) is 0 Å². The lowest BCUT2D eigenvalue weighted by molar-refractivity contribution is 0.0662. The molecule has 0 radical (unpaired) electrons. The molecule has 1 aliphatic rings. The molecule has 0 saturated carbocycles. The van der Waals surface area contributed by atoms with Crippen molar-refractivity contribution in [1.82, 2.24) is 0 Å². The first-order valence-corrected chi connectivity index (χ1v) is 7.12. The molecule has 94 valence electrons. The highest BCUT2D eigenvalue weighted by Gasteiger charge is 2.23. The Bertz CT molecular complexity index is 359. The van der Waals surface area contributed by atoms with Crippen LogP contribution in [0.1, 0.15) is 18.4 Å². The molecule has 1 fully saturated rings. The average molecular weight is 322 g/mol. The molecule has 1 nitrogen and oxygen atoms in total. The van der Waals surface area contributed by atoms with Crippen LogP contribution in [0.4, 0.5) is 4.39 Å². The molecule has 0 N–H and O–H groups in total. The second kappa shape index (κ2) is 6.17. The third-order valence-corrected chi connectivity index (χ3v) is 4.66. The van der Waals surface area contributed by atoms with Crippen molar-refractivity contribution in [2.24, 2.45) is 5.92 Å². The minimum Gasteiger partial charge on any atom is -0.381 e. The van der Waals surface area contributed by atoms with Crippen LogP contribution >= 0.6 is 27.5 Å². The summed E-state index contributed by atoms with van der Waals surface area (Å²) < 4.78 is 19.0. The van der Waals surface area contributed by atoms with Crippen LogP contribution in [0.5, 0.6) is 0 Å². The monoisotopic (exact) mass is 320 g/mol. The van der Waals surface area contributed by atoms with Gasteiger partial charge in [-0.25, -0.2) is 4.39 Å². The van der Waals surface area contributed by atoms with Crippen LogP contribution in [0.2, 0.25) is 5.02 Å². The molecule has 0 bridgehead atoms. The van der Waals surface area contributed by atoms with E-state index in [0.29, 0.717) is 22.9 Å². The molecule has 2 rings (SSSR count). The van der Waals surface area contributed by atoms with Gasteiger partial charge < -0.3 is 4.74 Å². The van der Waals surface area contributed by atoms with E-state index in [-0.39, 0.29) is 10.6 Å². The van der Waals surface area contributed by atoms with Crippen molar-refractivity contribution < 1.29 is 9.13 Å². The molecule has 0 aromatic heterocycles. The lowest BCUT2D eigenvalue weighted by atomic mass is 9.92. The first-order chi connectivity index (χ1) is 8.18. The summed E-state index contributed by atoms with van der Waals surface area (Å²) in [4.78, 5) is 0.265. The van der Waals surface area contributed by atoms with E-state index < -0.39 is 0 Å². The fraction of sp³-hybridized carbons (Fsp3) is 0.538. The molecule has 0 amide bonds. The zero-order valence-electron chi connectivity index (χ0n) is 9.46. The van der Waals surface area contributed by atoms with Gasteiger partial charge in [0.2, 0.25) is 0 Å². The molecule has 1 atom stereocenters. The zero-order valence-corrected chi connectivity index (χ0v) is 11.8. The lowest BCUT2D eigenvalue weighted by Crippen LogP contribution is -2.25. The van der Waals surface area contributed by atoms with Gasteiger partial charge in [0.1, 0.15) is 5.82 Å². The summed E-state index contributed by atoms with van der Waals surface area (Å²) in [7, 11) is 0. The van der Waals surface area contributed by atoms with Gasteiger partial charge in [-0.2, -0.15) is 0 Å². The standard InChI is InChI=1S/C13H15BrClFO/c14-11(9-4-6-17-7-5-9)8-10-12(15)2-1-3-13(10)16/h1-3,9,11H,4-8H2. The Morgan fingerprint density at radius 3 is 2.76 bits per heavy atom. The quantitative estimate of drug-likeness (QED) is 0.758. The SMILES string of the molecule is Fc1cccc(Cl)c1CC(Br)C1CCOCC1. The number of benzene rings is 1. The van der Waals surface area contributed by atoms with Crippen LogP contribution in [-0.2, 0) is 11.2 Å². The summed E-state index contributed by atoms with van der Waals surface area (Å²) in [6.45, 7) is 1.61. The number of ether oxygens (including phenoxy) is 1. The fourth-order valence-electron chi connectivity index (χ4n) is 2.17. The first kappa shape index (κ1) is 13.3. The van der Waals surface area contributed by atoms with Crippen molar-refractivity contribution in [3.05, 3.63) is 34.6 Å². The van der Waals surface area contributed by atoms with Gasteiger partial charge in [-0.1, -0.05) is 33.6 Å². The Morgan fingerprint density at radius 1 is 1.41 bits per heavy atom. The summed E-state index contributed by atoms with van der Waals surface area (Å²) >= 11 is 9.69. The topological polar surface area (TPSA) is 9.23 Å². The molecular weight excluding hydrogens is 306 g/mol. The summed E-state index contributed by atoms with van der Waals surface area (Å²) in [5.74, 6) is 0.327. The number of hydrogen-bond acceptors (Lipinski definition) is 1. The number of rotatable bonds is 3. The molecule has 0 aliphatic carbocycles. The maximum Gasteiger partial charge on any atom is 0.127 e. The molecule has 1 aromatic rings. The van der Waals surface area contributed by atoms with E-state index >= 15 is 0 Å². The Morgan fingerprint density at radius 2 is 2.12 bits per heavy atom. The van der Waals surface area contributed by atoms with E-state index in [0.717, 1.165) is 26.1 Å². The summed E-state index contributed by atoms with van der Waals surface area (Å²) in [5.41, 5.74) is 0.613. The zero-order chi connectivity index (χ0) is 12.3.